The highest BCUT2D eigenvalue weighted by molar-refractivity contribution is 7.99. The second-order valence-electron chi connectivity index (χ2n) is 5.03. The van der Waals surface area contributed by atoms with E-state index in [2.05, 4.69) is 25.9 Å². The lowest BCUT2D eigenvalue weighted by Crippen LogP contribution is -2.61. The summed E-state index contributed by atoms with van der Waals surface area (Å²) >= 11 is 1.39. The normalized spacial score (nSPS) is 11.0. The number of ether oxygens (including phenoxy) is 2. The molecule has 0 atom stereocenters. The fourth-order valence-electron chi connectivity index (χ4n) is 2.13. The zero-order chi connectivity index (χ0) is 18.7. The van der Waals surface area contributed by atoms with Crippen LogP contribution >= 0.6 is 11.8 Å². The van der Waals surface area contributed by atoms with Crippen LogP contribution in [-0.2, 0) is 23.9 Å². The monoisotopic (exact) mass is 373 g/mol. The predicted molar refractivity (Wildman–Crippen MR) is 88.6 cm³/mol. The van der Waals surface area contributed by atoms with Crippen LogP contribution in [0, 0.1) is 0 Å². The van der Waals surface area contributed by atoms with E-state index in [1.54, 1.807) is 13.8 Å². The lowest BCUT2D eigenvalue weighted by Gasteiger charge is -2.29. The molecular formula is C14H23N5O5S. The van der Waals surface area contributed by atoms with E-state index in [0.717, 1.165) is 0 Å². The first-order valence-corrected chi connectivity index (χ1v) is 8.94. The quantitative estimate of drug-likeness (QED) is 0.245. The highest BCUT2D eigenvalue weighted by atomic mass is 32.2. The molecule has 1 heterocycles. The molecule has 0 saturated carbocycles. The number of rotatable bonds is 11. The average Bonchev–Trinajstić information content (AvgIpc) is 3.06. The van der Waals surface area contributed by atoms with Crippen molar-refractivity contribution >= 4 is 29.6 Å². The summed E-state index contributed by atoms with van der Waals surface area (Å²) in [7, 11) is 0. The van der Waals surface area contributed by atoms with E-state index in [0.29, 0.717) is 23.8 Å². The van der Waals surface area contributed by atoms with Gasteiger partial charge in [-0.2, -0.15) is 5.21 Å². The van der Waals surface area contributed by atoms with Crippen molar-refractivity contribution in [2.24, 2.45) is 0 Å². The topological polar surface area (TPSA) is 136 Å². The van der Waals surface area contributed by atoms with Gasteiger partial charge in [-0.25, -0.2) is 9.59 Å². The summed E-state index contributed by atoms with van der Waals surface area (Å²) in [6, 6.07) is 0. The summed E-state index contributed by atoms with van der Waals surface area (Å²) in [5, 5.41) is 16.4. The Kier molecular flexibility index (Phi) is 8.89. The number of esters is 2. The second kappa shape index (κ2) is 10.6. The zero-order valence-corrected chi connectivity index (χ0v) is 15.4. The predicted octanol–water partition coefficient (Wildman–Crippen LogP) is 0.463. The Hall–Kier alpha value is -2.17. The van der Waals surface area contributed by atoms with Crippen LogP contribution in [-0.4, -0.2) is 63.0 Å². The summed E-state index contributed by atoms with van der Waals surface area (Å²) in [6.07, 6.45) is 1.24. The van der Waals surface area contributed by atoms with Crippen molar-refractivity contribution in [2.75, 3.05) is 19.0 Å². The van der Waals surface area contributed by atoms with Gasteiger partial charge in [-0.15, -0.1) is 10.2 Å². The van der Waals surface area contributed by atoms with Gasteiger partial charge in [0.05, 0.1) is 13.2 Å². The van der Waals surface area contributed by atoms with E-state index < -0.39 is 23.4 Å². The molecule has 0 bridgehead atoms. The van der Waals surface area contributed by atoms with Gasteiger partial charge in [0, 0.05) is 12.7 Å². The Labute approximate surface area is 149 Å². The van der Waals surface area contributed by atoms with Crippen molar-refractivity contribution in [1.82, 2.24) is 25.9 Å². The van der Waals surface area contributed by atoms with E-state index in [1.807, 2.05) is 0 Å². The van der Waals surface area contributed by atoms with Crippen molar-refractivity contribution in [2.45, 2.75) is 50.7 Å². The SMILES string of the molecule is CCOC(=O)C(CCCCSc1nn[nH]n1)(NC(C)=O)C(=O)OCC. The molecule has 0 aliphatic carbocycles. The number of carbonyl (C=O) groups is 3. The van der Waals surface area contributed by atoms with Gasteiger partial charge >= 0.3 is 11.9 Å². The number of tetrazole rings is 1. The molecule has 0 spiro atoms. The third kappa shape index (κ3) is 6.33. The van der Waals surface area contributed by atoms with Crippen LogP contribution in [0.15, 0.2) is 5.16 Å². The van der Waals surface area contributed by atoms with E-state index in [1.165, 1.54) is 18.7 Å². The van der Waals surface area contributed by atoms with Gasteiger partial charge in [-0.05, 0) is 38.3 Å². The Morgan fingerprint density at radius 3 is 2.28 bits per heavy atom. The molecule has 10 nitrogen and oxygen atoms in total. The van der Waals surface area contributed by atoms with Crippen molar-refractivity contribution in [1.29, 1.82) is 0 Å². The molecule has 2 N–H and O–H groups in total. The summed E-state index contributed by atoms with van der Waals surface area (Å²) in [5.74, 6) is -1.47. The molecule has 1 aromatic rings. The second-order valence-corrected chi connectivity index (χ2v) is 6.09. The lowest BCUT2D eigenvalue weighted by molar-refractivity contribution is -0.168. The average molecular weight is 373 g/mol. The third-order valence-electron chi connectivity index (χ3n) is 3.14. The molecule has 1 aromatic heterocycles. The Morgan fingerprint density at radius 1 is 1.16 bits per heavy atom. The number of thioether (sulfide) groups is 1. The Bertz CT molecular complexity index is 548. The van der Waals surface area contributed by atoms with E-state index in [4.69, 9.17) is 9.47 Å². The molecule has 0 aromatic carbocycles. The van der Waals surface area contributed by atoms with Gasteiger partial charge in [-0.1, -0.05) is 11.8 Å². The zero-order valence-electron chi connectivity index (χ0n) is 14.5. The molecule has 1 rings (SSSR count). The highest BCUT2D eigenvalue weighted by Crippen LogP contribution is 2.21. The number of unbranched alkanes of at least 4 members (excludes halogenated alkanes) is 1. The molecule has 0 aliphatic heterocycles. The number of nitrogens with one attached hydrogen (secondary N) is 2. The first-order valence-electron chi connectivity index (χ1n) is 7.95. The smallest absolute Gasteiger partial charge is 0.343 e. The van der Waals surface area contributed by atoms with Gasteiger partial charge in [0.1, 0.15) is 0 Å². The van der Waals surface area contributed by atoms with Crippen LogP contribution in [0.2, 0.25) is 0 Å². The summed E-state index contributed by atoms with van der Waals surface area (Å²) in [5.41, 5.74) is -1.82. The molecule has 0 fully saturated rings. The van der Waals surface area contributed by atoms with Crippen LogP contribution in [0.1, 0.15) is 40.0 Å². The van der Waals surface area contributed by atoms with Crippen LogP contribution in [0.25, 0.3) is 0 Å². The standard InChI is InChI=1S/C14H23N5O5S/c1-4-23-11(21)14(15-10(3)20,12(22)24-5-2)8-6-7-9-25-13-16-18-19-17-13/h4-9H2,1-3H3,(H,15,20)(H,16,17,18,19). The van der Waals surface area contributed by atoms with Crippen LogP contribution < -0.4 is 5.32 Å². The number of carbonyl (C=O) groups excluding carboxylic acids is 3. The minimum absolute atomic E-state index is 0.0804. The van der Waals surface area contributed by atoms with Gasteiger partial charge in [0.25, 0.3) is 0 Å². The molecule has 1 amide bonds. The van der Waals surface area contributed by atoms with Crippen molar-refractivity contribution in [3.63, 3.8) is 0 Å². The summed E-state index contributed by atoms with van der Waals surface area (Å²) < 4.78 is 10.00. The first-order chi connectivity index (χ1) is 12.0. The number of hydrogen-bond donors (Lipinski definition) is 2. The fourth-order valence-corrected chi connectivity index (χ4v) is 2.87. The molecule has 0 unspecified atom stereocenters. The maximum absolute atomic E-state index is 12.4. The maximum atomic E-state index is 12.4. The van der Waals surface area contributed by atoms with Crippen LogP contribution in [0.5, 0.6) is 0 Å². The number of amides is 1. The maximum Gasteiger partial charge on any atom is 0.343 e. The van der Waals surface area contributed by atoms with Crippen molar-refractivity contribution in [3.05, 3.63) is 0 Å². The van der Waals surface area contributed by atoms with Crippen LogP contribution in [0.4, 0.5) is 0 Å². The third-order valence-corrected chi connectivity index (χ3v) is 4.06. The fraction of sp³-hybridized carbons (Fsp3) is 0.714. The minimum atomic E-state index is -1.82. The highest BCUT2D eigenvalue weighted by Gasteiger charge is 2.49. The minimum Gasteiger partial charge on any atom is -0.464 e. The molecule has 25 heavy (non-hydrogen) atoms. The van der Waals surface area contributed by atoms with Crippen molar-refractivity contribution < 1.29 is 23.9 Å². The Morgan fingerprint density at radius 2 is 1.80 bits per heavy atom. The van der Waals surface area contributed by atoms with Crippen molar-refractivity contribution in [3.8, 4) is 0 Å². The number of aromatic nitrogens is 4. The molecule has 0 aliphatic rings. The van der Waals surface area contributed by atoms with E-state index in [9.17, 15) is 14.4 Å². The van der Waals surface area contributed by atoms with Gasteiger partial charge in [0.15, 0.2) is 0 Å². The van der Waals surface area contributed by atoms with Gasteiger partial charge in [-0.3, -0.25) is 4.79 Å². The number of nitrogens with zero attached hydrogens (tertiary/aromatic N) is 3. The number of aromatic amines is 1. The molecular weight excluding hydrogens is 350 g/mol. The lowest BCUT2D eigenvalue weighted by atomic mass is 9.92. The molecule has 11 heteroatoms. The van der Waals surface area contributed by atoms with Gasteiger partial charge in [0.2, 0.25) is 16.6 Å². The summed E-state index contributed by atoms with van der Waals surface area (Å²) in [4.78, 5) is 36.3. The van der Waals surface area contributed by atoms with Gasteiger partial charge < -0.3 is 14.8 Å². The largest absolute Gasteiger partial charge is 0.464 e. The van der Waals surface area contributed by atoms with Crippen LogP contribution in [0.3, 0.4) is 0 Å². The van der Waals surface area contributed by atoms with E-state index in [-0.39, 0.29) is 19.6 Å². The number of H-pyrrole nitrogens is 1. The first kappa shape index (κ1) is 20.9. The molecule has 140 valence electrons. The molecule has 0 radical (unpaired) electrons. The summed E-state index contributed by atoms with van der Waals surface area (Å²) in [6.45, 7) is 4.67. The molecule has 0 saturated heterocycles. The van der Waals surface area contributed by atoms with E-state index >= 15 is 0 Å². The Balaban J connectivity index is 2.74. The number of hydrogen-bond acceptors (Lipinski definition) is 9.